The molecule has 2 aromatic rings. The van der Waals surface area contributed by atoms with Crippen molar-refractivity contribution in [2.45, 2.75) is 23.8 Å². The molecule has 1 aliphatic rings. The first-order valence-electron chi connectivity index (χ1n) is 6.45. The Labute approximate surface area is 121 Å². The number of thioether (sulfide) groups is 1. The highest BCUT2D eigenvalue weighted by Crippen LogP contribution is 2.30. The fourth-order valence-electron chi connectivity index (χ4n) is 2.16. The van der Waals surface area contributed by atoms with Crippen molar-refractivity contribution in [2.75, 3.05) is 6.61 Å². The van der Waals surface area contributed by atoms with E-state index in [1.165, 1.54) is 17.3 Å². The molecule has 1 saturated heterocycles. The molecule has 0 radical (unpaired) electrons. The third-order valence-electron chi connectivity index (χ3n) is 3.25. The minimum absolute atomic E-state index is 0.157. The van der Waals surface area contributed by atoms with Gasteiger partial charge >= 0.3 is 5.97 Å². The number of esters is 1. The number of benzene rings is 1. The van der Waals surface area contributed by atoms with Crippen molar-refractivity contribution in [2.24, 2.45) is 7.05 Å². The van der Waals surface area contributed by atoms with Gasteiger partial charge in [0.2, 0.25) is 0 Å². The van der Waals surface area contributed by atoms with Gasteiger partial charge in [-0.1, -0.05) is 35.5 Å². The Morgan fingerprint density at radius 2 is 2.25 bits per heavy atom. The van der Waals surface area contributed by atoms with E-state index in [-0.39, 0.29) is 11.2 Å². The smallest absolute Gasteiger partial charge is 0.319 e. The van der Waals surface area contributed by atoms with Crippen molar-refractivity contribution < 1.29 is 9.53 Å². The summed E-state index contributed by atoms with van der Waals surface area (Å²) in [5.41, 5.74) is 2.21. The number of rotatable bonds is 3. The molecule has 1 aromatic heterocycles. The van der Waals surface area contributed by atoms with Gasteiger partial charge in [0.25, 0.3) is 0 Å². The van der Waals surface area contributed by atoms with Crippen molar-refractivity contribution >= 4 is 17.7 Å². The number of aryl methyl sites for hydroxylation is 1. The second-order valence-electron chi connectivity index (χ2n) is 4.80. The summed E-state index contributed by atoms with van der Waals surface area (Å²) in [4.78, 5) is 11.5. The van der Waals surface area contributed by atoms with E-state index in [4.69, 9.17) is 4.74 Å². The molecule has 5 nitrogen and oxygen atoms in total. The average Bonchev–Trinajstić information content (AvgIpc) is 2.98. The third-order valence-corrected chi connectivity index (χ3v) is 4.53. The van der Waals surface area contributed by atoms with Gasteiger partial charge in [0, 0.05) is 19.0 Å². The molecule has 6 heteroatoms. The summed E-state index contributed by atoms with van der Waals surface area (Å²) in [5, 5.41) is 9.00. The number of hydrogen-bond donors (Lipinski definition) is 0. The highest BCUT2D eigenvalue weighted by atomic mass is 32.2. The lowest BCUT2D eigenvalue weighted by molar-refractivity contribution is -0.137. The minimum Gasteiger partial charge on any atom is -0.465 e. The summed E-state index contributed by atoms with van der Waals surface area (Å²) in [6.07, 6.45) is 0.732. The fourth-order valence-corrected chi connectivity index (χ4v) is 3.13. The highest BCUT2D eigenvalue weighted by molar-refractivity contribution is 8.00. The molecule has 1 aromatic carbocycles. The van der Waals surface area contributed by atoms with Crippen LogP contribution in [0.5, 0.6) is 0 Å². The normalized spacial score (nSPS) is 18.3. The molecule has 3 rings (SSSR count). The van der Waals surface area contributed by atoms with Gasteiger partial charge in [-0.2, -0.15) is 0 Å². The second-order valence-corrected chi connectivity index (χ2v) is 5.97. The second kappa shape index (κ2) is 5.28. The number of hydrogen-bond acceptors (Lipinski definition) is 5. The van der Waals surface area contributed by atoms with E-state index in [1.807, 2.05) is 36.7 Å². The molecule has 0 bridgehead atoms. The van der Waals surface area contributed by atoms with E-state index < -0.39 is 0 Å². The Bertz CT molecular complexity index is 654. The van der Waals surface area contributed by atoms with Crippen LogP contribution in [0.2, 0.25) is 0 Å². The minimum atomic E-state index is -0.164. The van der Waals surface area contributed by atoms with Crippen LogP contribution >= 0.6 is 11.8 Å². The van der Waals surface area contributed by atoms with E-state index in [0.717, 1.165) is 23.0 Å². The van der Waals surface area contributed by atoms with Crippen LogP contribution in [0.1, 0.15) is 12.0 Å². The maximum absolute atomic E-state index is 11.5. The first-order chi connectivity index (χ1) is 9.65. The molecule has 2 heterocycles. The number of aromatic nitrogens is 3. The molecular weight excluding hydrogens is 274 g/mol. The lowest BCUT2D eigenvalue weighted by Crippen LogP contribution is -2.10. The van der Waals surface area contributed by atoms with Gasteiger partial charge in [-0.3, -0.25) is 4.79 Å². The summed E-state index contributed by atoms with van der Waals surface area (Å²) in [7, 11) is 1.92. The monoisotopic (exact) mass is 289 g/mol. The zero-order chi connectivity index (χ0) is 14.1. The SMILES string of the molecule is Cc1cccc(-c2nnc(S[C@H]3CCOC3=O)n2C)c1. The van der Waals surface area contributed by atoms with Gasteiger partial charge in [-0.15, -0.1) is 10.2 Å². The van der Waals surface area contributed by atoms with E-state index in [1.54, 1.807) is 0 Å². The molecule has 1 atom stereocenters. The Balaban J connectivity index is 1.87. The van der Waals surface area contributed by atoms with Crippen LogP contribution in [0, 0.1) is 6.92 Å². The molecule has 0 amide bonds. The summed E-state index contributed by atoms with van der Waals surface area (Å²) in [6, 6.07) is 8.13. The fraction of sp³-hybridized carbons (Fsp3) is 0.357. The summed E-state index contributed by atoms with van der Waals surface area (Å²) in [6.45, 7) is 2.54. The summed E-state index contributed by atoms with van der Waals surface area (Å²) < 4.78 is 6.89. The maximum Gasteiger partial charge on any atom is 0.319 e. The first kappa shape index (κ1) is 13.2. The molecule has 0 N–H and O–H groups in total. The Kier molecular flexibility index (Phi) is 3.48. The lowest BCUT2D eigenvalue weighted by atomic mass is 10.1. The lowest BCUT2D eigenvalue weighted by Gasteiger charge is -2.06. The van der Waals surface area contributed by atoms with E-state index in [0.29, 0.717) is 6.61 Å². The predicted octanol–water partition coefficient (Wildman–Crippen LogP) is 2.20. The Morgan fingerprint density at radius 1 is 1.40 bits per heavy atom. The van der Waals surface area contributed by atoms with Gasteiger partial charge in [-0.05, 0) is 13.0 Å². The highest BCUT2D eigenvalue weighted by Gasteiger charge is 2.29. The molecule has 20 heavy (non-hydrogen) atoms. The number of carbonyl (C=O) groups excluding carboxylic acids is 1. The standard InChI is InChI=1S/C14H15N3O2S/c1-9-4-3-5-10(8-9)12-15-16-14(17(12)2)20-11-6-7-19-13(11)18/h3-5,8,11H,6-7H2,1-2H3/t11-/m0/s1. The largest absolute Gasteiger partial charge is 0.465 e. The van der Waals surface area contributed by atoms with Crippen molar-refractivity contribution in [3.05, 3.63) is 29.8 Å². The molecule has 0 spiro atoms. The molecule has 0 aliphatic carbocycles. The number of carbonyl (C=O) groups is 1. The number of nitrogens with zero attached hydrogens (tertiary/aromatic N) is 3. The summed E-state index contributed by atoms with van der Waals surface area (Å²) >= 11 is 1.42. The van der Waals surface area contributed by atoms with Crippen LogP contribution in [-0.2, 0) is 16.6 Å². The van der Waals surface area contributed by atoms with Gasteiger partial charge in [0.15, 0.2) is 11.0 Å². The molecule has 0 saturated carbocycles. The maximum atomic E-state index is 11.5. The molecule has 104 valence electrons. The first-order valence-corrected chi connectivity index (χ1v) is 7.33. The van der Waals surface area contributed by atoms with Crippen molar-refractivity contribution in [1.82, 2.24) is 14.8 Å². The zero-order valence-corrected chi connectivity index (χ0v) is 12.2. The van der Waals surface area contributed by atoms with Crippen LogP contribution in [-0.4, -0.2) is 32.6 Å². The molecule has 1 fully saturated rings. The van der Waals surface area contributed by atoms with E-state index in [2.05, 4.69) is 16.3 Å². The summed E-state index contributed by atoms with van der Waals surface area (Å²) in [5.74, 6) is 0.651. The van der Waals surface area contributed by atoms with Crippen LogP contribution < -0.4 is 0 Å². The quantitative estimate of drug-likeness (QED) is 0.811. The molecule has 0 unspecified atom stereocenters. The van der Waals surface area contributed by atoms with E-state index >= 15 is 0 Å². The van der Waals surface area contributed by atoms with Crippen molar-refractivity contribution in [3.63, 3.8) is 0 Å². The van der Waals surface area contributed by atoms with Crippen LogP contribution in [0.3, 0.4) is 0 Å². The van der Waals surface area contributed by atoms with Crippen molar-refractivity contribution in [3.8, 4) is 11.4 Å². The molecular formula is C14H15N3O2S. The number of cyclic esters (lactones) is 1. The van der Waals surface area contributed by atoms with Gasteiger partial charge in [0.05, 0.1) is 6.61 Å². The van der Waals surface area contributed by atoms with Crippen LogP contribution in [0.25, 0.3) is 11.4 Å². The van der Waals surface area contributed by atoms with Crippen LogP contribution in [0.15, 0.2) is 29.4 Å². The Morgan fingerprint density at radius 3 is 2.95 bits per heavy atom. The predicted molar refractivity (Wildman–Crippen MR) is 76.4 cm³/mol. The third kappa shape index (κ3) is 2.43. The van der Waals surface area contributed by atoms with Gasteiger partial charge in [0.1, 0.15) is 5.25 Å². The van der Waals surface area contributed by atoms with Crippen molar-refractivity contribution in [1.29, 1.82) is 0 Å². The topological polar surface area (TPSA) is 57.0 Å². The van der Waals surface area contributed by atoms with E-state index in [9.17, 15) is 4.79 Å². The average molecular weight is 289 g/mol. The molecule has 1 aliphatic heterocycles. The number of ether oxygens (including phenoxy) is 1. The zero-order valence-electron chi connectivity index (χ0n) is 11.4. The van der Waals surface area contributed by atoms with Gasteiger partial charge in [-0.25, -0.2) is 0 Å². The van der Waals surface area contributed by atoms with Crippen LogP contribution in [0.4, 0.5) is 0 Å². The Hall–Kier alpha value is -1.82. The van der Waals surface area contributed by atoms with Gasteiger partial charge < -0.3 is 9.30 Å².